The average Bonchev–Trinajstić information content (AvgIpc) is 2.41. The number of nitrogens with two attached hydrogens (primary N) is 1. The first-order valence-electron chi connectivity index (χ1n) is 6.42. The molecule has 1 aliphatic rings. The van der Waals surface area contributed by atoms with Crippen molar-refractivity contribution >= 4 is 11.6 Å². The molecule has 0 spiro atoms. The third kappa shape index (κ3) is 2.53. The lowest BCUT2D eigenvalue weighted by atomic mass is 9.68. The second-order valence-corrected chi connectivity index (χ2v) is 5.63. The summed E-state index contributed by atoms with van der Waals surface area (Å²) < 4.78 is 13.8. The summed E-state index contributed by atoms with van der Waals surface area (Å²) in [6, 6.07) is 4.30. The van der Waals surface area contributed by atoms with Gasteiger partial charge in [-0.15, -0.1) is 0 Å². The van der Waals surface area contributed by atoms with Gasteiger partial charge in [-0.3, -0.25) is 0 Å². The van der Waals surface area contributed by atoms with Crippen LogP contribution >= 0.6 is 11.6 Å². The summed E-state index contributed by atoms with van der Waals surface area (Å²) in [7, 11) is 0. The van der Waals surface area contributed by atoms with Gasteiger partial charge in [0.05, 0.1) is 6.10 Å². The van der Waals surface area contributed by atoms with E-state index < -0.39 is 17.3 Å². The molecule has 0 aromatic heterocycles. The highest BCUT2D eigenvalue weighted by molar-refractivity contribution is 6.30. The summed E-state index contributed by atoms with van der Waals surface area (Å²) >= 11 is 5.88. The highest BCUT2D eigenvalue weighted by Gasteiger charge is 2.39. The molecule has 0 saturated heterocycles. The van der Waals surface area contributed by atoms with Crippen LogP contribution in [0.2, 0.25) is 5.02 Å². The Bertz CT molecular complexity index is 418. The predicted octanol–water partition coefficient (Wildman–Crippen LogP) is 3.42. The number of aliphatic hydroxyl groups is 1. The fourth-order valence-electron chi connectivity index (χ4n) is 2.90. The minimum Gasteiger partial charge on any atom is -0.388 e. The van der Waals surface area contributed by atoms with E-state index in [0.29, 0.717) is 11.6 Å². The van der Waals surface area contributed by atoms with Crippen LogP contribution in [0.25, 0.3) is 0 Å². The first kappa shape index (κ1) is 13.8. The molecule has 0 amide bonds. The van der Waals surface area contributed by atoms with Gasteiger partial charge in [0.15, 0.2) is 0 Å². The van der Waals surface area contributed by atoms with Crippen LogP contribution < -0.4 is 5.73 Å². The number of hydrogen-bond donors (Lipinski definition) is 2. The second kappa shape index (κ2) is 5.55. The number of benzene rings is 1. The van der Waals surface area contributed by atoms with Crippen molar-refractivity contribution in [1.29, 1.82) is 0 Å². The molecule has 1 unspecified atom stereocenters. The molecule has 0 bridgehead atoms. The largest absolute Gasteiger partial charge is 0.388 e. The lowest BCUT2D eigenvalue weighted by Gasteiger charge is -2.40. The summed E-state index contributed by atoms with van der Waals surface area (Å²) in [5.74, 6) is -0.412. The standard InChI is InChI=1S/C14H19ClFNO/c15-10-4-5-12(16)11(8-10)13(18)14(9-17)6-2-1-3-7-14/h4-5,8,13,18H,1-3,6-7,9,17H2. The van der Waals surface area contributed by atoms with Crippen molar-refractivity contribution < 1.29 is 9.50 Å². The third-order valence-corrected chi connectivity index (χ3v) is 4.32. The molecular formula is C14H19ClFNO. The maximum absolute atomic E-state index is 13.8. The van der Waals surface area contributed by atoms with E-state index in [1.54, 1.807) is 0 Å². The number of halogens is 2. The topological polar surface area (TPSA) is 46.2 Å². The van der Waals surface area contributed by atoms with Gasteiger partial charge in [-0.2, -0.15) is 0 Å². The van der Waals surface area contributed by atoms with Crippen LogP contribution in [0.5, 0.6) is 0 Å². The Morgan fingerprint density at radius 2 is 2.00 bits per heavy atom. The zero-order valence-corrected chi connectivity index (χ0v) is 11.1. The third-order valence-electron chi connectivity index (χ3n) is 4.09. The maximum atomic E-state index is 13.8. The smallest absolute Gasteiger partial charge is 0.129 e. The second-order valence-electron chi connectivity index (χ2n) is 5.20. The average molecular weight is 272 g/mol. The monoisotopic (exact) mass is 271 g/mol. The van der Waals surface area contributed by atoms with Gasteiger partial charge < -0.3 is 10.8 Å². The maximum Gasteiger partial charge on any atom is 0.129 e. The van der Waals surface area contributed by atoms with Crippen LogP contribution in [0.1, 0.15) is 43.8 Å². The molecule has 1 saturated carbocycles. The van der Waals surface area contributed by atoms with Crippen LogP contribution in [-0.4, -0.2) is 11.7 Å². The molecule has 0 radical (unpaired) electrons. The molecule has 1 fully saturated rings. The Morgan fingerprint density at radius 1 is 1.33 bits per heavy atom. The van der Waals surface area contributed by atoms with Crippen LogP contribution in [0.4, 0.5) is 4.39 Å². The van der Waals surface area contributed by atoms with E-state index in [4.69, 9.17) is 17.3 Å². The summed E-state index contributed by atoms with van der Waals surface area (Å²) in [4.78, 5) is 0. The van der Waals surface area contributed by atoms with Crippen molar-refractivity contribution in [1.82, 2.24) is 0 Å². The van der Waals surface area contributed by atoms with Crippen molar-refractivity contribution in [3.63, 3.8) is 0 Å². The molecule has 3 N–H and O–H groups in total. The van der Waals surface area contributed by atoms with Crippen molar-refractivity contribution in [2.24, 2.45) is 11.1 Å². The van der Waals surface area contributed by atoms with Crippen LogP contribution in [0, 0.1) is 11.2 Å². The van der Waals surface area contributed by atoms with E-state index in [2.05, 4.69) is 0 Å². The van der Waals surface area contributed by atoms with E-state index in [1.165, 1.54) is 18.2 Å². The van der Waals surface area contributed by atoms with Gasteiger partial charge in [0.2, 0.25) is 0 Å². The zero-order chi connectivity index (χ0) is 13.2. The van der Waals surface area contributed by atoms with Crippen molar-refractivity contribution in [3.8, 4) is 0 Å². The Morgan fingerprint density at radius 3 is 2.61 bits per heavy atom. The van der Waals surface area contributed by atoms with Gasteiger partial charge in [0.1, 0.15) is 5.82 Å². The highest BCUT2D eigenvalue weighted by atomic mass is 35.5. The van der Waals surface area contributed by atoms with E-state index >= 15 is 0 Å². The van der Waals surface area contributed by atoms with Gasteiger partial charge in [0, 0.05) is 22.5 Å². The predicted molar refractivity (Wildman–Crippen MR) is 70.9 cm³/mol. The molecule has 0 heterocycles. The molecule has 1 atom stereocenters. The van der Waals surface area contributed by atoms with Crippen molar-refractivity contribution in [3.05, 3.63) is 34.6 Å². The van der Waals surface area contributed by atoms with Crippen LogP contribution in [-0.2, 0) is 0 Å². The van der Waals surface area contributed by atoms with Gasteiger partial charge in [-0.25, -0.2) is 4.39 Å². The Kier molecular flexibility index (Phi) is 4.25. The molecule has 1 aliphatic carbocycles. The fourth-order valence-corrected chi connectivity index (χ4v) is 3.08. The van der Waals surface area contributed by atoms with Crippen LogP contribution in [0.3, 0.4) is 0 Å². The Labute approximate surface area is 112 Å². The quantitative estimate of drug-likeness (QED) is 0.885. The van der Waals surface area contributed by atoms with Crippen molar-refractivity contribution in [2.75, 3.05) is 6.54 Å². The molecule has 18 heavy (non-hydrogen) atoms. The summed E-state index contributed by atoms with van der Waals surface area (Å²) in [6.45, 7) is 0.375. The molecule has 1 aromatic carbocycles. The number of aliphatic hydroxyl groups excluding tert-OH is 1. The van der Waals surface area contributed by atoms with Gasteiger partial charge in [-0.1, -0.05) is 30.9 Å². The molecule has 1 aromatic rings. The lowest BCUT2D eigenvalue weighted by Crippen LogP contribution is -2.39. The normalized spacial score (nSPS) is 20.7. The van der Waals surface area contributed by atoms with E-state index in [0.717, 1.165) is 32.1 Å². The lowest BCUT2D eigenvalue weighted by molar-refractivity contribution is -0.00152. The first-order chi connectivity index (χ1) is 8.59. The summed E-state index contributed by atoms with van der Waals surface area (Å²) in [6.07, 6.45) is 4.05. The zero-order valence-electron chi connectivity index (χ0n) is 10.3. The van der Waals surface area contributed by atoms with Gasteiger partial charge in [-0.05, 0) is 31.0 Å². The minimum atomic E-state index is -0.874. The van der Waals surface area contributed by atoms with Crippen molar-refractivity contribution in [2.45, 2.75) is 38.2 Å². The van der Waals surface area contributed by atoms with Crippen LogP contribution in [0.15, 0.2) is 18.2 Å². The Balaban J connectivity index is 2.33. The summed E-state index contributed by atoms with van der Waals surface area (Å²) in [5, 5.41) is 11.0. The molecule has 4 heteroatoms. The SMILES string of the molecule is NCC1(C(O)c2cc(Cl)ccc2F)CCCCC1. The van der Waals surface area contributed by atoms with Gasteiger partial charge in [0.25, 0.3) is 0 Å². The molecule has 100 valence electrons. The first-order valence-corrected chi connectivity index (χ1v) is 6.80. The van der Waals surface area contributed by atoms with E-state index in [1.807, 2.05) is 0 Å². The molecule has 0 aliphatic heterocycles. The molecule has 2 nitrogen and oxygen atoms in total. The highest BCUT2D eigenvalue weighted by Crippen LogP contribution is 2.46. The van der Waals surface area contributed by atoms with E-state index in [-0.39, 0.29) is 5.56 Å². The van der Waals surface area contributed by atoms with E-state index in [9.17, 15) is 9.50 Å². The minimum absolute atomic E-state index is 0.273. The van der Waals surface area contributed by atoms with Gasteiger partial charge >= 0.3 is 0 Å². The Hall–Kier alpha value is -0.640. The fraction of sp³-hybridized carbons (Fsp3) is 0.571. The summed E-state index contributed by atoms with van der Waals surface area (Å²) in [5.41, 5.74) is 5.72. The number of rotatable bonds is 3. The number of hydrogen-bond acceptors (Lipinski definition) is 2. The molecular weight excluding hydrogens is 253 g/mol. The molecule has 2 rings (SSSR count).